The second-order valence-electron chi connectivity index (χ2n) is 6.82. The van der Waals surface area contributed by atoms with Crippen LogP contribution in [-0.2, 0) is 6.54 Å². The maximum atomic E-state index is 14.3. The van der Waals surface area contributed by atoms with Crippen molar-refractivity contribution in [2.24, 2.45) is 0 Å². The molecule has 1 aliphatic carbocycles. The van der Waals surface area contributed by atoms with E-state index in [0.717, 1.165) is 30.0 Å². The highest BCUT2D eigenvalue weighted by molar-refractivity contribution is 5.96. The highest BCUT2D eigenvalue weighted by Gasteiger charge is 2.35. The molecule has 2 heterocycles. The Morgan fingerprint density at radius 3 is 2.65 bits per heavy atom. The van der Waals surface area contributed by atoms with Gasteiger partial charge in [-0.3, -0.25) is 4.79 Å². The zero-order valence-corrected chi connectivity index (χ0v) is 14.9. The third-order valence-corrected chi connectivity index (χ3v) is 4.91. The summed E-state index contributed by atoms with van der Waals surface area (Å²) >= 11 is 0. The molecule has 0 saturated heterocycles. The average Bonchev–Trinajstić information content (AvgIpc) is 3.25. The van der Waals surface area contributed by atoms with Gasteiger partial charge in [0.1, 0.15) is 11.6 Å². The monoisotopic (exact) mass is 352 g/mol. The lowest BCUT2D eigenvalue weighted by molar-refractivity contribution is 0.0717. The molecule has 0 aliphatic heterocycles. The number of furan rings is 1. The Hall–Kier alpha value is -2.82. The van der Waals surface area contributed by atoms with E-state index in [1.807, 2.05) is 36.9 Å². The van der Waals surface area contributed by atoms with Crippen molar-refractivity contribution in [2.45, 2.75) is 39.3 Å². The summed E-state index contributed by atoms with van der Waals surface area (Å²) in [5, 5.41) is 0. The minimum atomic E-state index is -0.303. The van der Waals surface area contributed by atoms with E-state index in [9.17, 15) is 9.18 Å². The number of para-hydroxylation sites is 1. The number of halogens is 1. The molecule has 1 amide bonds. The third-order valence-electron chi connectivity index (χ3n) is 4.91. The van der Waals surface area contributed by atoms with Gasteiger partial charge in [-0.1, -0.05) is 12.1 Å². The Bertz CT molecular complexity index is 939. The van der Waals surface area contributed by atoms with Crippen LogP contribution in [0.1, 0.15) is 40.3 Å². The van der Waals surface area contributed by atoms with Crippen LogP contribution in [0.25, 0.3) is 5.69 Å². The van der Waals surface area contributed by atoms with Crippen molar-refractivity contribution in [3.8, 4) is 5.69 Å². The summed E-state index contributed by atoms with van der Waals surface area (Å²) in [4.78, 5) is 15.1. The SMILES string of the molecule is Cc1cc(C(=O)N(Cc2ccco2)C2CC2)c(C)n1-c1ccccc1F. The number of aryl methyl sites for hydroxylation is 1. The number of carbonyl (C=O) groups excluding carboxylic acids is 1. The zero-order chi connectivity index (χ0) is 18.3. The van der Waals surface area contributed by atoms with Gasteiger partial charge in [-0.2, -0.15) is 0 Å². The first-order valence-corrected chi connectivity index (χ1v) is 8.83. The van der Waals surface area contributed by atoms with Gasteiger partial charge in [-0.15, -0.1) is 0 Å². The topological polar surface area (TPSA) is 38.4 Å². The second-order valence-corrected chi connectivity index (χ2v) is 6.82. The quantitative estimate of drug-likeness (QED) is 0.671. The average molecular weight is 352 g/mol. The van der Waals surface area contributed by atoms with Crippen molar-refractivity contribution in [1.29, 1.82) is 0 Å². The summed E-state index contributed by atoms with van der Waals surface area (Å²) in [7, 11) is 0. The van der Waals surface area contributed by atoms with Crippen molar-refractivity contribution < 1.29 is 13.6 Å². The van der Waals surface area contributed by atoms with E-state index in [0.29, 0.717) is 17.8 Å². The molecule has 0 radical (unpaired) electrons. The lowest BCUT2D eigenvalue weighted by Crippen LogP contribution is -2.32. The van der Waals surface area contributed by atoms with Gasteiger partial charge in [-0.25, -0.2) is 4.39 Å². The highest BCUT2D eigenvalue weighted by Crippen LogP contribution is 2.32. The molecule has 0 spiro atoms. The van der Waals surface area contributed by atoms with Crippen LogP contribution >= 0.6 is 0 Å². The van der Waals surface area contributed by atoms with Crippen LogP contribution < -0.4 is 0 Å². The van der Waals surface area contributed by atoms with Crippen LogP contribution in [0.15, 0.2) is 53.1 Å². The molecule has 5 heteroatoms. The molecular formula is C21H21FN2O2. The molecule has 1 aromatic carbocycles. The number of carbonyl (C=O) groups is 1. The Morgan fingerprint density at radius 2 is 2.00 bits per heavy atom. The van der Waals surface area contributed by atoms with Crippen molar-refractivity contribution >= 4 is 5.91 Å². The Morgan fingerprint density at radius 1 is 1.23 bits per heavy atom. The van der Waals surface area contributed by atoms with E-state index >= 15 is 0 Å². The molecule has 4 nitrogen and oxygen atoms in total. The summed E-state index contributed by atoms with van der Waals surface area (Å²) in [5.74, 6) is 0.440. The normalized spacial score (nSPS) is 13.8. The lowest BCUT2D eigenvalue weighted by Gasteiger charge is -2.21. The molecule has 0 atom stereocenters. The summed E-state index contributed by atoms with van der Waals surface area (Å²) in [6.07, 6.45) is 3.64. The van der Waals surface area contributed by atoms with E-state index in [2.05, 4.69) is 0 Å². The smallest absolute Gasteiger partial charge is 0.256 e. The molecule has 1 fully saturated rings. The minimum Gasteiger partial charge on any atom is -0.467 e. The largest absolute Gasteiger partial charge is 0.467 e. The van der Waals surface area contributed by atoms with Gasteiger partial charge in [0.15, 0.2) is 0 Å². The molecule has 0 unspecified atom stereocenters. The van der Waals surface area contributed by atoms with Crippen LogP contribution in [0.4, 0.5) is 4.39 Å². The predicted molar refractivity (Wildman–Crippen MR) is 96.8 cm³/mol. The summed E-state index contributed by atoms with van der Waals surface area (Å²) < 4.78 is 21.5. The number of hydrogen-bond donors (Lipinski definition) is 0. The molecule has 3 aromatic rings. The predicted octanol–water partition coefficient (Wildman–Crippen LogP) is 4.63. The van der Waals surface area contributed by atoms with E-state index in [1.165, 1.54) is 6.07 Å². The second kappa shape index (κ2) is 6.48. The van der Waals surface area contributed by atoms with Gasteiger partial charge in [0.2, 0.25) is 0 Å². The minimum absolute atomic E-state index is 0.0282. The Balaban J connectivity index is 1.70. The summed E-state index contributed by atoms with van der Waals surface area (Å²) in [6.45, 7) is 4.22. The molecule has 26 heavy (non-hydrogen) atoms. The molecule has 134 valence electrons. The van der Waals surface area contributed by atoms with Gasteiger partial charge in [0.25, 0.3) is 5.91 Å². The highest BCUT2D eigenvalue weighted by atomic mass is 19.1. The molecule has 1 aliphatic rings. The number of amides is 1. The van der Waals surface area contributed by atoms with Crippen LogP contribution in [0, 0.1) is 19.7 Å². The number of benzene rings is 1. The maximum Gasteiger partial charge on any atom is 0.256 e. The number of nitrogens with zero attached hydrogens (tertiary/aromatic N) is 2. The Kier molecular flexibility index (Phi) is 4.15. The molecule has 2 aromatic heterocycles. The van der Waals surface area contributed by atoms with Crippen LogP contribution in [-0.4, -0.2) is 21.4 Å². The number of hydrogen-bond acceptors (Lipinski definition) is 2. The standard InChI is InChI=1S/C21H21FN2O2/c1-14-12-18(15(2)24(14)20-8-4-3-7-19(20)22)21(25)23(16-9-10-16)13-17-6-5-11-26-17/h3-8,11-12,16H,9-10,13H2,1-2H3. The fourth-order valence-electron chi connectivity index (χ4n) is 3.46. The van der Waals surface area contributed by atoms with E-state index in [-0.39, 0.29) is 17.8 Å². The van der Waals surface area contributed by atoms with Crippen LogP contribution in [0.2, 0.25) is 0 Å². The Labute approximate surface area is 151 Å². The third kappa shape index (κ3) is 2.94. The van der Waals surface area contributed by atoms with Gasteiger partial charge >= 0.3 is 0 Å². The van der Waals surface area contributed by atoms with Gasteiger partial charge in [0, 0.05) is 17.4 Å². The first-order chi connectivity index (χ1) is 12.6. The molecule has 0 N–H and O–H groups in total. The first kappa shape index (κ1) is 16.6. The van der Waals surface area contributed by atoms with Crippen molar-refractivity contribution in [3.63, 3.8) is 0 Å². The summed E-state index contributed by atoms with van der Waals surface area (Å²) in [6, 6.07) is 12.4. The molecule has 1 saturated carbocycles. The molecular weight excluding hydrogens is 331 g/mol. The summed E-state index contributed by atoms with van der Waals surface area (Å²) in [5.41, 5.74) is 2.67. The number of rotatable bonds is 5. The van der Waals surface area contributed by atoms with Gasteiger partial charge in [0.05, 0.1) is 24.1 Å². The zero-order valence-electron chi connectivity index (χ0n) is 14.9. The molecule has 0 bridgehead atoms. The molecule has 4 rings (SSSR count). The van der Waals surface area contributed by atoms with Crippen molar-refractivity contribution in [2.75, 3.05) is 0 Å². The fraction of sp³-hybridized carbons (Fsp3) is 0.286. The van der Waals surface area contributed by atoms with Gasteiger partial charge in [-0.05, 0) is 57.0 Å². The number of aromatic nitrogens is 1. The maximum absolute atomic E-state index is 14.3. The van der Waals surface area contributed by atoms with Crippen molar-refractivity contribution in [3.05, 3.63) is 77.3 Å². The van der Waals surface area contributed by atoms with Crippen LogP contribution in [0.3, 0.4) is 0 Å². The van der Waals surface area contributed by atoms with E-state index < -0.39 is 0 Å². The van der Waals surface area contributed by atoms with Crippen molar-refractivity contribution in [1.82, 2.24) is 9.47 Å². The van der Waals surface area contributed by atoms with Crippen LogP contribution in [0.5, 0.6) is 0 Å². The first-order valence-electron chi connectivity index (χ1n) is 8.83. The lowest BCUT2D eigenvalue weighted by atomic mass is 10.2. The van der Waals surface area contributed by atoms with E-state index in [4.69, 9.17) is 4.42 Å². The van der Waals surface area contributed by atoms with E-state index in [1.54, 1.807) is 29.0 Å². The fourth-order valence-corrected chi connectivity index (χ4v) is 3.46. The van der Waals surface area contributed by atoms with Gasteiger partial charge < -0.3 is 13.9 Å².